The number of nitro groups is 1. The van der Waals surface area contributed by atoms with E-state index in [4.69, 9.17) is 0 Å². The van der Waals surface area contributed by atoms with Crippen LogP contribution in [0, 0.1) is 10.1 Å². The van der Waals surface area contributed by atoms with Gasteiger partial charge in [-0.1, -0.05) is 12.1 Å². The average molecular weight is 376 g/mol. The molecule has 23 heavy (non-hydrogen) atoms. The second-order valence-electron chi connectivity index (χ2n) is 4.97. The summed E-state index contributed by atoms with van der Waals surface area (Å²) >= 11 is 0. The number of piperazine rings is 1. The van der Waals surface area contributed by atoms with Gasteiger partial charge >= 0.3 is 6.18 Å². The van der Waals surface area contributed by atoms with Gasteiger partial charge < -0.3 is 5.32 Å². The zero-order valence-electron chi connectivity index (χ0n) is 12.1. The summed E-state index contributed by atoms with van der Waals surface area (Å²) in [4.78, 5) is 11.9. The number of rotatable bonds is 4. The lowest BCUT2D eigenvalue weighted by atomic mass is 10.0. The first-order valence-electron chi connectivity index (χ1n) is 6.63. The van der Waals surface area contributed by atoms with Crippen molar-refractivity contribution in [1.29, 1.82) is 0 Å². The van der Waals surface area contributed by atoms with Crippen LogP contribution in [-0.2, 0) is 0 Å². The number of hydrogen-bond donors (Lipinski definition) is 1. The lowest BCUT2D eigenvalue weighted by molar-refractivity contribution is -0.385. The molecule has 0 bridgehead atoms. The maximum atomic E-state index is 12.8. The van der Waals surface area contributed by atoms with Crippen molar-refractivity contribution in [1.82, 2.24) is 10.2 Å². The van der Waals surface area contributed by atoms with Gasteiger partial charge in [-0.25, -0.2) is 0 Å². The number of nitrogens with one attached hydrogen (secondary N) is 1. The maximum absolute atomic E-state index is 12.8. The molecule has 2 rings (SSSR count). The molecule has 5 nitrogen and oxygen atoms in total. The molecule has 1 N–H and O–H groups in total. The van der Waals surface area contributed by atoms with Crippen LogP contribution in [-0.4, -0.2) is 42.2 Å². The monoisotopic (exact) mass is 375 g/mol. The van der Waals surface area contributed by atoms with Crippen LogP contribution in [0.15, 0.2) is 24.3 Å². The molecule has 1 heterocycles. The zero-order chi connectivity index (χ0) is 15.5. The fourth-order valence-electron chi connectivity index (χ4n) is 2.52. The normalized spacial score (nSPS) is 16.8. The molecule has 0 aliphatic carbocycles. The molecule has 0 saturated carbocycles. The maximum Gasteiger partial charge on any atom is 0.390 e. The Morgan fingerprint density at radius 1 is 1.26 bits per heavy atom. The van der Waals surface area contributed by atoms with Crippen molar-refractivity contribution in [2.45, 2.75) is 18.6 Å². The van der Waals surface area contributed by atoms with E-state index < -0.39 is 23.6 Å². The van der Waals surface area contributed by atoms with Crippen LogP contribution >= 0.6 is 24.8 Å². The van der Waals surface area contributed by atoms with E-state index in [-0.39, 0.29) is 30.5 Å². The zero-order valence-corrected chi connectivity index (χ0v) is 13.7. The molecule has 10 heteroatoms. The summed E-state index contributed by atoms with van der Waals surface area (Å²) in [5.41, 5.74) is 0.151. The molecule has 0 radical (unpaired) electrons. The summed E-state index contributed by atoms with van der Waals surface area (Å²) in [6, 6.07) is 4.58. The van der Waals surface area contributed by atoms with Crippen molar-refractivity contribution in [2.75, 3.05) is 26.2 Å². The van der Waals surface area contributed by atoms with Crippen LogP contribution in [0.4, 0.5) is 18.9 Å². The fourth-order valence-corrected chi connectivity index (χ4v) is 2.52. The molecular weight excluding hydrogens is 358 g/mol. The molecule has 1 aliphatic rings. The van der Waals surface area contributed by atoms with E-state index in [2.05, 4.69) is 5.32 Å². The highest BCUT2D eigenvalue weighted by Crippen LogP contribution is 2.35. The fraction of sp³-hybridized carbons (Fsp3) is 0.538. The highest BCUT2D eigenvalue weighted by atomic mass is 35.5. The Morgan fingerprint density at radius 2 is 1.87 bits per heavy atom. The molecule has 0 spiro atoms. The average Bonchev–Trinajstić information content (AvgIpc) is 2.45. The highest BCUT2D eigenvalue weighted by molar-refractivity contribution is 5.85. The quantitative estimate of drug-likeness (QED) is 0.647. The molecule has 132 valence electrons. The van der Waals surface area contributed by atoms with Crippen molar-refractivity contribution in [3.05, 3.63) is 39.9 Å². The van der Waals surface area contributed by atoms with Gasteiger partial charge in [-0.2, -0.15) is 13.2 Å². The van der Waals surface area contributed by atoms with Crippen LogP contribution in [0.25, 0.3) is 0 Å². The lowest BCUT2D eigenvalue weighted by Crippen LogP contribution is -2.46. The van der Waals surface area contributed by atoms with Gasteiger partial charge in [0.25, 0.3) is 5.69 Å². The van der Waals surface area contributed by atoms with Crippen LogP contribution in [0.5, 0.6) is 0 Å². The highest BCUT2D eigenvalue weighted by Gasteiger charge is 2.36. The van der Waals surface area contributed by atoms with E-state index in [1.807, 2.05) is 0 Å². The van der Waals surface area contributed by atoms with Crippen LogP contribution in [0.2, 0.25) is 0 Å². The standard InChI is InChI=1S/C13H16F3N3O2.2ClH/c14-13(15,16)9-12(18-6-4-17-5-7-18)10-2-1-3-11(8-10)19(20)21;;/h1-3,8,12,17H,4-7,9H2;2*1H/t12-;;/m1../s1. The Balaban J connectivity index is 0.00000242. The molecule has 0 unspecified atom stereocenters. The summed E-state index contributed by atoms with van der Waals surface area (Å²) in [7, 11) is 0. The lowest BCUT2D eigenvalue weighted by Gasteiger charge is -2.35. The summed E-state index contributed by atoms with van der Waals surface area (Å²) in [6.45, 7) is 2.21. The van der Waals surface area contributed by atoms with Crippen LogP contribution < -0.4 is 5.32 Å². The van der Waals surface area contributed by atoms with Crippen molar-refractivity contribution in [3.63, 3.8) is 0 Å². The second kappa shape index (κ2) is 9.27. The topological polar surface area (TPSA) is 58.4 Å². The third-order valence-corrected chi connectivity index (χ3v) is 3.48. The SMILES string of the molecule is Cl.Cl.O=[N+]([O-])c1cccc([C@@H](CC(F)(F)F)N2CCNCC2)c1. The Labute approximate surface area is 144 Å². The number of halogens is 5. The van der Waals surface area contributed by atoms with Crippen molar-refractivity contribution in [2.24, 2.45) is 0 Å². The summed E-state index contributed by atoms with van der Waals surface area (Å²) in [5.74, 6) is 0. The van der Waals surface area contributed by atoms with Crippen molar-refractivity contribution >= 4 is 30.5 Å². The third-order valence-electron chi connectivity index (χ3n) is 3.48. The molecule has 0 aromatic heterocycles. The number of hydrogen-bond acceptors (Lipinski definition) is 4. The van der Waals surface area contributed by atoms with Gasteiger partial charge in [0.15, 0.2) is 0 Å². The van der Waals surface area contributed by atoms with E-state index in [9.17, 15) is 23.3 Å². The van der Waals surface area contributed by atoms with Crippen LogP contribution in [0.1, 0.15) is 18.0 Å². The van der Waals surface area contributed by atoms with Gasteiger partial charge in [0.05, 0.1) is 11.3 Å². The van der Waals surface area contributed by atoms with E-state index in [0.29, 0.717) is 31.7 Å². The molecule has 1 aromatic rings. The van der Waals surface area contributed by atoms with Crippen molar-refractivity contribution in [3.8, 4) is 0 Å². The summed E-state index contributed by atoms with van der Waals surface area (Å²) in [6.07, 6.45) is -5.33. The number of alkyl halides is 3. The van der Waals surface area contributed by atoms with E-state index in [0.717, 1.165) is 0 Å². The molecule has 1 aliphatic heterocycles. The first kappa shape index (κ1) is 21.9. The van der Waals surface area contributed by atoms with E-state index in [1.165, 1.54) is 24.3 Å². The largest absolute Gasteiger partial charge is 0.390 e. The van der Waals surface area contributed by atoms with Crippen molar-refractivity contribution < 1.29 is 18.1 Å². The second-order valence-corrected chi connectivity index (χ2v) is 4.97. The van der Waals surface area contributed by atoms with Gasteiger partial charge in [0, 0.05) is 44.4 Å². The number of nitrogens with zero attached hydrogens (tertiary/aromatic N) is 2. The minimum absolute atomic E-state index is 0. The number of non-ortho nitro benzene ring substituents is 1. The van der Waals surface area contributed by atoms with Crippen LogP contribution in [0.3, 0.4) is 0 Å². The first-order chi connectivity index (χ1) is 9.87. The minimum atomic E-state index is -4.32. The predicted octanol–water partition coefficient (Wildman–Crippen LogP) is 3.34. The Hall–Kier alpha value is -1.09. The molecule has 1 aromatic carbocycles. The van der Waals surface area contributed by atoms with Gasteiger partial charge in [0.2, 0.25) is 0 Å². The Kier molecular flexibility index (Phi) is 8.83. The Morgan fingerprint density at radius 3 is 2.39 bits per heavy atom. The number of nitro benzene ring substituents is 1. The summed E-state index contributed by atoms with van der Waals surface area (Å²) in [5, 5.41) is 13.9. The number of benzene rings is 1. The molecule has 1 atom stereocenters. The summed E-state index contributed by atoms with van der Waals surface area (Å²) < 4.78 is 38.5. The smallest absolute Gasteiger partial charge is 0.314 e. The van der Waals surface area contributed by atoms with E-state index in [1.54, 1.807) is 4.90 Å². The van der Waals surface area contributed by atoms with Gasteiger partial charge in [-0.05, 0) is 5.56 Å². The van der Waals surface area contributed by atoms with Gasteiger partial charge in [0.1, 0.15) is 0 Å². The van der Waals surface area contributed by atoms with Gasteiger partial charge in [-0.3, -0.25) is 15.0 Å². The molecular formula is C13H18Cl2F3N3O2. The third kappa shape index (κ3) is 6.50. The molecule has 1 saturated heterocycles. The van der Waals surface area contributed by atoms with Gasteiger partial charge in [-0.15, -0.1) is 24.8 Å². The van der Waals surface area contributed by atoms with E-state index >= 15 is 0 Å². The minimum Gasteiger partial charge on any atom is -0.314 e. The predicted molar refractivity (Wildman–Crippen MR) is 85.4 cm³/mol. The molecule has 1 fully saturated rings. The first-order valence-corrected chi connectivity index (χ1v) is 6.63. The molecule has 0 amide bonds. The Bertz CT molecular complexity index is 511.